The Morgan fingerprint density at radius 2 is 2.11 bits per heavy atom. The Hall–Kier alpha value is -0.110. The first-order valence-corrected chi connectivity index (χ1v) is 3.42. The smallest absolute Gasteiger partial charge is 0.0756 e. The van der Waals surface area contributed by atoms with E-state index in [4.69, 9.17) is 12.2 Å². The summed E-state index contributed by atoms with van der Waals surface area (Å²) >= 11 is 4.95. The molecule has 53 valence electrons. The van der Waals surface area contributed by atoms with Gasteiger partial charge in [-0.05, 0) is 12.3 Å². The summed E-state index contributed by atoms with van der Waals surface area (Å²) in [5.41, 5.74) is 0.0695. The minimum absolute atomic E-state index is 0.0695. The van der Waals surface area contributed by atoms with Gasteiger partial charge >= 0.3 is 0 Å². The molecule has 0 spiro atoms. The lowest BCUT2D eigenvalue weighted by Crippen LogP contribution is -2.22. The van der Waals surface area contributed by atoms with Gasteiger partial charge in [-0.25, -0.2) is 0 Å². The molecule has 0 bridgehead atoms. The molecule has 0 heterocycles. The number of nitrogens with one attached hydrogen (secondary N) is 1. The van der Waals surface area contributed by atoms with Crippen LogP contribution in [0.4, 0.5) is 0 Å². The van der Waals surface area contributed by atoms with Crippen LogP contribution in [0.3, 0.4) is 0 Å². The molecule has 0 aliphatic carbocycles. The van der Waals surface area contributed by atoms with Crippen LogP contribution in [-0.4, -0.2) is 12.0 Å². The van der Waals surface area contributed by atoms with Crippen molar-refractivity contribution in [2.24, 2.45) is 5.41 Å². The maximum absolute atomic E-state index is 4.95. The molecule has 0 amide bonds. The molecule has 2 heteroatoms. The van der Waals surface area contributed by atoms with E-state index in [-0.39, 0.29) is 5.41 Å². The first kappa shape index (κ1) is 8.89. The molecule has 0 aromatic heterocycles. The van der Waals surface area contributed by atoms with Crippen LogP contribution in [0.25, 0.3) is 0 Å². The summed E-state index contributed by atoms with van der Waals surface area (Å²) in [6.45, 7) is 8.06. The highest BCUT2D eigenvalue weighted by Crippen LogP contribution is 2.17. The monoisotopic (exact) mass is 144 g/mol. The number of rotatable bonds is 2. The fourth-order valence-electron chi connectivity index (χ4n) is 0.523. The molecule has 0 unspecified atom stereocenters. The molecule has 1 nitrogen and oxygen atoms in total. The molecule has 0 aliphatic rings. The van der Waals surface area contributed by atoms with Gasteiger partial charge in [0.2, 0.25) is 0 Å². The summed E-state index contributed by atoms with van der Waals surface area (Å²) in [5, 5.41) is 2.91. The minimum Gasteiger partial charge on any atom is -0.383 e. The summed E-state index contributed by atoms with van der Waals surface area (Å²) in [5.74, 6) is 0. The van der Waals surface area contributed by atoms with Crippen LogP contribution < -0.4 is 5.32 Å². The standard InChI is InChI=1S/C7H14NS/c1-7(2,3)5-6(9)8-4/h1,5H2,2-4H3,(H,8,9). The van der Waals surface area contributed by atoms with Crippen molar-refractivity contribution in [3.8, 4) is 0 Å². The maximum atomic E-state index is 4.95. The summed E-state index contributed by atoms with van der Waals surface area (Å²) in [4.78, 5) is 0.884. The number of hydrogen-bond acceptors (Lipinski definition) is 1. The lowest BCUT2D eigenvalue weighted by atomic mass is 9.92. The van der Waals surface area contributed by atoms with Crippen LogP contribution in [0.15, 0.2) is 0 Å². The topological polar surface area (TPSA) is 12.0 Å². The largest absolute Gasteiger partial charge is 0.383 e. The van der Waals surface area contributed by atoms with Crippen LogP contribution >= 0.6 is 12.2 Å². The van der Waals surface area contributed by atoms with Gasteiger partial charge in [0.1, 0.15) is 0 Å². The van der Waals surface area contributed by atoms with E-state index in [1.165, 1.54) is 0 Å². The summed E-state index contributed by atoms with van der Waals surface area (Å²) in [6, 6.07) is 0. The SMILES string of the molecule is [CH2]C(C)(C)CC(=S)NC. The molecule has 0 aliphatic heterocycles. The van der Waals surface area contributed by atoms with Crippen LogP contribution in [0.1, 0.15) is 20.3 Å². The van der Waals surface area contributed by atoms with Gasteiger partial charge in [-0.2, -0.15) is 0 Å². The highest BCUT2D eigenvalue weighted by molar-refractivity contribution is 7.80. The van der Waals surface area contributed by atoms with E-state index in [0.717, 1.165) is 11.4 Å². The molecule has 9 heavy (non-hydrogen) atoms. The van der Waals surface area contributed by atoms with Gasteiger partial charge in [-0.1, -0.05) is 26.1 Å². The Bertz CT molecular complexity index is 102. The van der Waals surface area contributed by atoms with Crippen molar-refractivity contribution in [2.45, 2.75) is 20.3 Å². The van der Waals surface area contributed by atoms with E-state index in [9.17, 15) is 0 Å². The number of hydrogen-bond donors (Lipinski definition) is 1. The van der Waals surface area contributed by atoms with E-state index in [2.05, 4.69) is 26.1 Å². The van der Waals surface area contributed by atoms with Crippen molar-refractivity contribution in [2.75, 3.05) is 7.05 Å². The second kappa shape index (κ2) is 3.16. The molecule has 0 atom stereocenters. The van der Waals surface area contributed by atoms with Crippen LogP contribution in [-0.2, 0) is 0 Å². The quantitative estimate of drug-likeness (QED) is 0.593. The molecule has 0 rings (SSSR count). The van der Waals surface area contributed by atoms with Gasteiger partial charge in [-0.15, -0.1) is 0 Å². The molecule has 0 saturated heterocycles. The van der Waals surface area contributed by atoms with E-state index in [1.54, 1.807) is 0 Å². The third-order valence-electron chi connectivity index (χ3n) is 0.918. The second-order valence-corrected chi connectivity index (χ2v) is 3.51. The van der Waals surface area contributed by atoms with Gasteiger partial charge in [-0.3, -0.25) is 0 Å². The van der Waals surface area contributed by atoms with Crippen molar-refractivity contribution in [1.29, 1.82) is 0 Å². The molecular formula is C7H14NS. The molecule has 1 N–H and O–H groups in total. The third kappa shape index (κ3) is 5.77. The minimum atomic E-state index is 0.0695. The fourth-order valence-corrected chi connectivity index (χ4v) is 0.914. The van der Waals surface area contributed by atoms with Crippen molar-refractivity contribution in [3.05, 3.63) is 6.92 Å². The predicted molar refractivity (Wildman–Crippen MR) is 45.4 cm³/mol. The van der Waals surface area contributed by atoms with Gasteiger partial charge in [0, 0.05) is 13.5 Å². The van der Waals surface area contributed by atoms with E-state index < -0.39 is 0 Å². The normalized spacial score (nSPS) is 11.1. The van der Waals surface area contributed by atoms with E-state index in [0.29, 0.717) is 0 Å². The van der Waals surface area contributed by atoms with Crippen LogP contribution in [0.2, 0.25) is 0 Å². The van der Waals surface area contributed by atoms with Gasteiger partial charge in [0.25, 0.3) is 0 Å². The molecule has 0 aromatic carbocycles. The Morgan fingerprint density at radius 3 is 2.22 bits per heavy atom. The molecular weight excluding hydrogens is 130 g/mol. The summed E-state index contributed by atoms with van der Waals surface area (Å²) in [7, 11) is 1.84. The van der Waals surface area contributed by atoms with Gasteiger partial charge < -0.3 is 5.32 Å². The molecule has 0 fully saturated rings. The third-order valence-corrected chi connectivity index (χ3v) is 1.27. The predicted octanol–water partition coefficient (Wildman–Crippen LogP) is 1.78. The lowest BCUT2D eigenvalue weighted by Gasteiger charge is -2.17. The van der Waals surface area contributed by atoms with Gasteiger partial charge in [0.05, 0.1) is 4.99 Å². The molecule has 1 radical (unpaired) electrons. The zero-order chi connectivity index (χ0) is 7.49. The van der Waals surface area contributed by atoms with Crippen molar-refractivity contribution in [1.82, 2.24) is 5.32 Å². The summed E-state index contributed by atoms with van der Waals surface area (Å²) < 4.78 is 0. The molecule has 0 saturated carbocycles. The highest BCUT2D eigenvalue weighted by atomic mass is 32.1. The lowest BCUT2D eigenvalue weighted by molar-refractivity contribution is 0.497. The Balaban J connectivity index is 3.60. The average molecular weight is 144 g/mol. The maximum Gasteiger partial charge on any atom is 0.0756 e. The highest BCUT2D eigenvalue weighted by Gasteiger charge is 2.11. The Labute approximate surface area is 62.8 Å². The first-order chi connectivity index (χ1) is 3.95. The van der Waals surface area contributed by atoms with Crippen molar-refractivity contribution >= 4 is 17.2 Å². The zero-order valence-electron chi connectivity index (χ0n) is 6.32. The zero-order valence-corrected chi connectivity index (χ0v) is 7.14. The first-order valence-electron chi connectivity index (χ1n) is 3.01. The second-order valence-electron chi connectivity index (χ2n) is 3.01. The average Bonchev–Trinajstić information content (AvgIpc) is 1.62. The van der Waals surface area contributed by atoms with Gasteiger partial charge in [0.15, 0.2) is 0 Å². The van der Waals surface area contributed by atoms with Crippen LogP contribution in [0, 0.1) is 12.3 Å². The Kier molecular flexibility index (Phi) is 3.12. The van der Waals surface area contributed by atoms with E-state index >= 15 is 0 Å². The summed E-state index contributed by atoms with van der Waals surface area (Å²) in [6.07, 6.45) is 0.860. The van der Waals surface area contributed by atoms with Crippen molar-refractivity contribution in [3.63, 3.8) is 0 Å². The molecule has 0 aromatic rings. The fraction of sp³-hybridized carbons (Fsp3) is 0.714. The van der Waals surface area contributed by atoms with Crippen molar-refractivity contribution < 1.29 is 0 Å². The van der Waals surface area contributed by atoms with E-state index in [1.807, 2.05) is 7.05 Å². The number of thiocarbonyl (C=S) groups is 1. The van der Waals surface area contributed by atoms with Crippen LogP contribution in [0.5, 0.6) is 0 Å². The Morgan fingerprint density at radius 1 is 1.67 bits per heavy atom.